The van der Waals surface area contributed by atoms with Crippen LogP contribution < -0.4 is 5.32 Å². The third-order valence-electron chi connectivity index (χ3n) is 2.22. The van der Waals surface area contributed by atoms with Gasteiger partial charge in [0.05, 0.1) is 10.6 Å². The van der Waals surface area contributed by atoms with Gasteiger partial charge in [-0.15, -0.1) is 11.3 Å². The topological polar surface area (TPSA) is 66.4 Å². The molecule has 0 atom stereocenters. The van der Waals surface area contributed by atoms with E-state index in [0.717, 1.165) is 11.3 Å². The number of carboxylic acid groups (broad SMARTS) is 1. The molecule has 0 spiro atoms. The molecule has 7 heteroatoms. The molecule has 1 aromatic heterocycles. The van der Waals surface area contributed by atoms with Gasteiger partial charge in [-0.3, -0.25) is 4.79 Å². The van der Waals surface area contributed by atoms with E-state index in [1.165, 1.54) is 30.3 Å². The molecule has 1 heterocycles. The fourth-order valence-corrected chi connectivity index (χ4v) is 2.70. The standard InChI is InChI=1S/C12H7FINO3S/c13-6-1-2-8(7(14)5-6)15-11(16)9-3-4-10(19-9)12(17)18/h1-5H,(H,15,16)(H,17,18). The first-order chi connectivity index (χ1) is 8.97. The molecule has 0 radical (unpaired) electrons. The third kappa shape index (κ3) is 3.29. The molecule has 1 amide bonds. The summed E-state index contributed by atoms with van der Waals surface area (Å²) in [5.74, 6) is -1.87. The van der Waals surface area contributed by atoms with Crippen molar-refractivity contribution in [1.29, 1.82) is 0 Å². The first-order valence-corrected chi connectivity index (χ1v) is 6.96. The number of hydrogen-bond acceptors (Lipinski definition) is 3. The highest BCUT2D eigenvalue weighted by Crippen LogP contribution is 2.22. The van der Waals surface area contributed by atoms with E-state index < -0.39 is 11.9 Å². The van der Waals surface area contributed by atoms with Gasteiger partial charge in [0.15, 0.2) is 0 Å². The number of halogens is 2. The van der Waals surface area contributed by atoms with Gasteiger partial charge in [-0.2, -0.15) is 0 Å². The largest absolute Gasteiger partial charge is 0.477 e. The van der Waals surface area contributed by atoms with Crippen LogP contribution in [0.25, 0.3) is 0 Å². The summed E-state index contributed by atoms with van der Waals surface area (Å²) in [4.78, 5) is 23.0. The fourth-order valence-electron chi connectivity index (χ4n) is 1.35. The fraction of sp³-hybridized carbons (Fsp3) is 0. The molecule has 2 rings (SSSR count). The van der Waals surface area contributed by atoms with Crippen molar-refractivity contribution < 1.29 is 19.1 Å². The molecule has 0 aliphatic rings. The van der Waals surface area contributed by atoms with Gasteiger partial charge in [-0.1, -0.05) is 0 Å². The molecule has 19 heavy (non-hydrogen) atoms. The zero-order valence-corrected chi connectivity index (χ0v) is 12.3. The van der Waals surface area contributed by atoms with E-state index in [4.69, 9.17) is 5.11 Å². The van der Waals surface area contributed by atoms with E-state index in [1.807, 2.05) is 22.6 Å². The molecular formula is C12H7FINO3S. The van der Waals surface area contributed by atoms with Crippen molar-refractivity contribution in [3.05, 3.63) is 49.5 Å². The molecule has 0 saturated heterocycles. The highest BCUT2D eigenvalue weighted by atomic mass is 127. The van der Waals surface area contributed by atoms with Gasteiger partial charge in [-0.05, 0) is 52.9 Å². The average Bonchev–Trinajstić information content (AvgIpc) is 2.82. The second kappa shape index (κ2) is 5.66. The normalized spacial score (nSPS) is 10.2. The quantitative estimate of drug-likeness (QED) is 0.788. The zero-order chi connectivity index (χ0) is 14.0. The molecule has 0 fully saturated rings. The van der Waals surface area contributed by atoms with E-state index >= 15 is 0 Å². The summed E-state index contributed by atoms with van der Waals surface area (Å²) in [6, 6.07) is 6.82. The van der Waals surface area contributed by atoms with Crippen molar-refractivity contribution in [3.8, 4) is 0 Å². The van der Waals surface area contributed by atoms with Crippen molar-refractivity contribution in [3.63, 3.8) is 0 Å². The number of aromatic carboxylic acids is 1. The molecule has 0 aliphatic carbocycles. The summed E-state index contributed by atoms with van der Waals surface area (Å²) in [6.07, 6.45) is 0. The van der Waals surface area contributed by atoms with E-state index in [0.29, 0.717) is 9.26 Å². The monoisotopic (exact) mass is 391 g/mol. The van der Waals surface area contributed by atoms with Gasteiger partial charge >= 0.3 is 5.97 Å². The lowest BCUT2D eigenvalue weighted by Crippen LogP contribution is -2.11. The number of anilines is 1. The maximum absolute atomic E-state index is 12.9. The van der Waals surface area contributed by atoms with Crippen molar-refractivity contribution in [2.75, 3.05) is 5.32 Å². The van der Waals surface area contributed by atoms with Gasteiger partial charge in [0.1, 0.15) is 10.7 Å². The van der Waals surface area contributed by atoms with Crippen molar-refractivity contribution in [2.45, 2.75) is 0 Å². The number of hydrogen-bond donors (Lipinski definition) is 2. The highest BCUT2D eigenvalue weighted by Gasteiger charge is 2.14. The Kier molecular flexibility index (Phi) is 4.15. The van der Waals surface area contributed by atoms with Crippen LogP contribution in [0.4, 0.5) is 10.1 Å². The lowest BCUT2D eigenvalue weighted by molar-refractivity contribution is 0.0702. The van der Waals surface area contributed by atoms with E-state index in [-0.39, 0.29) is 15.6 Å². The summed E-state index contributed by atoms with van der Waals surface area (Å²) >= 11 is 2.80. The number of benzene rings is 1. The molecule has 4 nitrogen and oxygen atoms in total. The van der Waals surface area contributed by atoms with E-state index in [1.54, 1.807) is 0 Å². The van der Waals surface area contributed by atoms with Gasteiger partial charge in [0, 0.05) is 3.57 Å². The highest BCUT2D eigenvalue weighted by molar-refractivity contribution is 14.1. The summed E-state index contributed by atoms with van der Waals surface area (Å²) < 4.78 is 13.5. The molecule has 0 unspecified atom stereocenters. The van der Waals surface area contributed by atoms with Gasteiger partial charge < -0.3 is 10.4 Å². The molecule has 0 bridgehead atoms. The first-order valence-electron chi connectivity index (χ1n) is 5.07. The molecule has 0 aliphatic heterocycles. The second-order valence-electron chi connectivity index (χ2n) is 3.55. The summed E-state index contributed by atoms with van der Waals surface area (Å²) in [5, 5.41) is 11.4. The van der Waals surface area contributed by atoms with Crippen molar-refractivity contribution in [2.24, 2.45) is 0 Å². The molecular weight excluding hydrogens is 384 g/mol. The smallest absolute Gasteiger partial charge is 0.345 e. The van der Waals surface area contributed by atoms with Crippen LogP contribution >= 0.6 is 33.9 Å². The minimum atomic E-state index is -1.07. The zero-order valence-electron chi connectivity index (χ0n) is 9.31. The number of nitrogens with one attached hydrogen (secondary N) is 1. The Labute approximate surface area is 125 Å². The van der Waals surface area contributed by atoms with Crippen molar-refractivity contribution in [1.82, 2.24) is 0 Å². The lowest BCUT2D eigenvalue weighted by atomic mass is 10.3. The van der Waals surface area contributed by atoms with Gasteiger partial charge in [0.2, 0.25) is 0 Å². The predicted molar refractivity (Wildman–Crippen MR) is 78.3 cm³/mol. The van der Waals surface area contributed by atoms with E-state index in [2.05, 4.69) is 5.32 Å². The van der Waals surface area contributed by atoms with Crippen LogP contribution in [0.15, 0.2) is 30.3 Å². The lowest BCUT2D eigenvalue weighted by Gasteiger charge is -2.05. The second-order valence-corrected chi connectivity index (χ2v) is 5.79. The SMILES string of the molecule is O=C(O)c1ccc(C(=O)Nc2ccc(F)cc2I)s1. The number of carboxylic acids is 1. The Morgan fingerprint density at radius 1 is 1.21 bits per heavy atom. The Balaban J connectivity index is 2.18. The number of carbonyl (C=O) groups is 2. The number of carbonyl (C=O) groups excluding carboxylic acids is 1. The molecule has 2 N–H and O–H groups in total. The van der Waals surface area contributed by atoms with Crippen LogP contribution in [0, 0.1) is 9.39 Å². The number of rotatable bonds is 3. The molecule has 2 aromatic rings. The van der Waals surface area contributed by atoms with Crippen molar-refractivity contribution >= 4 is 51.5 Å². The number of thiophene rings is 1. The van der Waals surface area contributed by atoms with E-state index in [9.17, 15) is 14.0 Å². The average molecular weight is 391 g/mol. The third-order valence-corrected chi connectivity index (χ3v) is 4.18. The molecule has 98 valence electrons. The Morgan fingerprint density at radius 3 is 2.47 bits per heavy atom. The van der Waals surface area contributed by atoms with Crippen LogP contribution in [-0.4, -0.2) is 17.0 Å². The Morgan fingerprint density at radius 2 is 1.89 bits per heavy atom. The summed E-state index contributed by atoms with van der Waals surface area (Å²) in [6.45, 7) is 0. The maximum atomic E-state index is 12.9. The Hall–Kier alpha value is -1.48. The van der Waals surface area contributed by atoms with Crippen LogP contribution in [0.5, 0.6) is 0 Å². The minimum Gasteiger partial charge on any atom is -0.477 e. The first kappa shape index (κ1) is 13.9. The summed E-state index contributed by atoms with van der Waals surface area (Å²) in [7, 11) is 0. The van der Waals surface area contributed by atoms with Gasteiger partial charge in [0.25, 0.3) is 5.91 Å². The molecule has 0 saturated carbocycles. The summed E-state index contributed by atoms with van der Waals surface area (Å²) in [5.41, 5.74) is 0.484. The van der Waals surface area contributed by atoms with Crippen LogP contribution in [0.3, 0.4) is 0 Å². The Bertz CT molecular complexity index is 656. The number of amides is 1. The maximum Gasteiger partial charge on any atom is 0.345 e. The molecule has 1 aromatic carbocycles. The minimum absolute atomic E-state index is 0.0963. The van der Waals surface area contributed by atoms with Crippen LogP contribution in [0.1, 0.15) is 19.3 Å². The van der Waals surface area contributed by atoms with Crippen LogP contribution in [0.2, 0.25) is 0 Å². The predicted octanol–water partition coefficient (Wildman–Crippen LogP) is 3.44. The van der Waals surface area contributed by atoms with Gasteiger partial charge in [-0.25, -0.2) is 9.18 Å². The van der Waals surface area contributed by atoms with Crippen LogP contribution in [-0.2, 0) is 0 Å².